The Bertz CT molecular complexity index is 461. The van der Waals surface area contributed by atoms with E-state index in [0.717, 1.165) is 48.8 Å². The lowest BCUT2D eigenvalue weighted by Gasteiger charge is -2.36. The van der Waals surface area contributed by atoms with Gasteiger partial charge in [0.1, 0.15) is 19.2 Å². The molecule has 1 fully saturated rings. The predicted octanol–water partition coefficient (Wildman–Crippen LogP) is 1.22. The first-order valence-electron chi connectivity index (χ1n) is 7.52. The van der Waals surface area contributed by atoms with Gasteiger partial charge in [0.25, 0.3) is 0 Å². The molecule has 1 rings (SSSR count). The summed E-state index contributed by atoms with van der Waals surface area (Å²) >= 11 is 1.90. The molecular formula is C15H24N3O3S+. The summed E-state index contributed by atoms with van der Waals surface area (Å²) in [6, 6.07) is 1.61. The Kier molecular flexibility index (Phi) is 8.21. The molecular weight excluding hydrogens is 302 g/mol. The third-order valence-electron chi connectivity index (χ3n) is 4.00. The van der Waals surface area contributed by atoms with Gasteiger partial charge in [0.2, 0.25) is 0 Å². The number of rotatable bonds is 11. The van der Waals surface area contributed by atoms with Crippen LogP contribution in [0.15, 0.2) is 5.57 Å². The van der Waals surface area contributed by atoms with Gasteiger partial charge in [-0.1, -0.05) is 0 Å². The second-order valence-electron chi connectivity index (χ2n) is 5.20. The number of nitrogens with zero attached hydrogens (tertiary/aromatic N) is 2. The number of hydrogen-bond donors (Lipinski definition) is 1. The van der Waals surface area contributed by atoms with Gasteiger partial charge in [-0.15, -0.1) is 0 Å². The van der Waals surface area contributed by atoms with Crippen LogP contribution in [0.3, 0.4) is 0 Å². The second kappa shape index (κ2) is 9.65. The molecule has 1 atom stereocenters. The topological polar surface area (TPSA) is 86.5 Å². The molecule has 0 saturated carbocycles. The van der Waals surface area contributed by atoms with E-state index in [9.17, 15) is 4.79 Å². The summed E-state index contributed by atoms with van der Waals surface area (Å²) in [7, 11) is 0. The average molecular weight is 326 g/mol. The number of epoxide rings is 1. The lowest BCUT2D eigenvalue weighted by molar-refractivity contribution is -0.922. The van der Waals surface area contributed by atoms with E-state index in [1.54, 1.807) is 11.9 Å². The van der Waals surface area contributed by atoms with Crippen LogP contribution in [0.25, 0.3) is 0 Å². The van der Waals surface area contributed by atoms with Crippen LogP contribution >= 0.6 is 11.8 Å². The zero-order valence-corrected chi connectivity index (χ0v) is 14.1. The van der Waals surface area contributed by atoms with E-state index < -0.39 is 5.97 Å². The van der Waals surface area contributed by atoms with E-state index >= 15 is 0 Å². The van der Waals surface area contributed by atoms with Crippen molar-refractivity contribution in [1.29, 1.82) is 10.7 Å². The smallest absolute Gasteiger partial charge is 0.358 e. The van der Waals surface area contributed by atoms with Crippen LogP contribution in [0.1, 0.15) is 13.8 Å². The first-order chi connectivity index (χ1) is 10.6. The highest BCUT2D eigenvalue weighted by Crippen LogP contribution is 2.17. The molecule has 0 aromatic carbocycles. The normalized spacial score (nSPS) is 16.5. The maximum atomic E-state index is 11.5. The van der Waals surface area contributed by atoms with Crippen molar-refractivity contribution in [1.82, 2.24) is 0 Å². The average Bonchev–Trinajstić information content (AvgIpc) is 3.35. The van der Waals surface area contributed by atoms with Gasteiger partial charge in [-0.05, 0) is 13.8 Å². The first kappa shape index (κ1) is 18.7. The summed E-state index contributed by atoms with van der Waals surface area (Å²) in [5.74, 6) is 3.14. The van der Waals surface area contributed by atoms with E-state index in [2.05, 4.69) is 13.8 Å². The van der Waals surface area contributed by atoms with E-state index in [1.807, 2.05) is 11.8 Å². The Balaban J connectivity index is 2.36. The van der Waals surface area contributed by atoms with Gasteiger partial charge in [0.15, 0.2) is 5.57 Å². The van der Waals surface area contributed by atoms with Gasteiger partial charge < -0.3 is 14.0 Å². The number of carbonyl (C=O) groups excluding carboxylic acids is 1. The molecule has 0 aromatic heterocycles. The number of esters is 1. The molecule has 122 valence electrons. The summed E-state index contributed by atoms with van der Waals surface area (Å²) in [6.45, 7) is 9.11. The standard InChI is InChI=1S/C15H24N3O3S/c1-3-18(4-2,6-8-22-12-14-11-21-14)5-7-20-15(19)13(9-16)10-17/h14,16H,3-8,11-12H2,1-2H3/q+1. The molecule has 7 heteroatoms. The number of nitrogens with one attached hydrogen (secondary N) is 1. The van der Waals surface area contributed by atoms with Crippen LogP contribution in [0, 0.1) is 16.7 Å². The predicted molar refractivity (Wildman–Crippen MR) is 86.0 cm³/mol. The lowest BCUT2D eigenvalue weighted by Crippen LogP contribution is -2.51. The largest absolute Gasteiger partial charge is 0.455 e. The molecule has 1 aliphatic rings. The van der Waals surface area contributed by atoms with Crippen LogP contribution in [0.4, 0.5) is 0 Å². The van der Waals surface area contributed by atoms with Gasteiger partial charge in [0, 0.05) is 17.4 Å². The quantitative estimate of drug-likeness (QED) is 0.117. The van der Waals surface area contributed by atoms with Gasteiger partial charge in [-0.2, -0.15) is 17.0 Å². The van der Waals surface area contributed by atoms with Crippen molar-refractivity contribution in [3.05, 3.63) is 5.57 Å². The minimum Gasteiger partial charge on any atom is -0.455 e. The summed E-state index contributed by atoms with van der Waals surface area (Å²) < 4.78 is 11.1. The Hall–Kier alpha value is -1.32. The highest BCUT2D eigenvalue weighted by Gasteiger charge is 2.26. The molecule has 1 unspecified atom stereocenters. The fraction of sp³-hybridized carbons (Fsp3) is 0.733. The monoisotopic (exact) mass is 326 g/mol. The van der Waals surface area contributed by atoms with Crippen LogP contribution in [0.2, 0.25) is 0 Å². The van der Waals surface area contributed by atoms with Crippen molar-refractivity contribution < 1.29 is 18.8 Å². The first-order valence-corrected chi connectivity index (χ1v) is 8.67. The number of carbonyl (C=O) groups is 1. The molecule has 1 N–H and O–H groups in total. The lowest BCUT2D eigenvalue weighted by atomic mass is 10.3. The van der Waals surface area contributed by atoms with Crippen LogP contribution in [-0.2, 0) is 14.3 Å². The highest BCUT2D eigenvalue weighted by atomic mass is 32.2. The summed E-state index contributed by atoms with van der Waals surface area (Å²) in [4.78, 5) is 11.5. The second-order valence-corrected chi connectivity index (χ2v) is 6.35. The minimum atomic E-state index is -0.761. The maximum absolute atomic E-state index is 11.5. The van der Waals surface area contributed by atoms with Gasteiger partial charge >= 0.3 is 5.97 Å². The van der Waals surface area contributed by atoms with Crippen molar-refractivity contribution in [2.24, 2.45) is 0 Å². The van der Waals surface area contributed by atoms with Crippen molar-refractivity contribution in [3.63, 3.8) is 0 Å². The molecule has 0 spiro atoms. The fourth-order valence-corrected chi connectivity index (χ4v) is 3.27. The summed E-state index contributed by atoms with van der Waals surface area (Å²) in [5, 5.41) is 15.5. The van der Waals surface area contributed by atoms with Crippen molar-refractivity contribution in [2.75, 3.05) is 50.9 Å². The Morgan fingerprint density at radius 1 is 1.45 bits per heavy atom. The number of nitriles is 1. The molecule has 22 heavy (non-hydrogen) atoms. The van der Waals surface area contributed by atoms with Crippen molar-refractivity contribution >= 4 is 23.6 Å². The molecule has 1 aliphatic heterocycles. The molecule has 0 radical (unpaired) electrons. The number of likely N-dealkylation sites (N-methyl/N-ethyl adjacent to an activating group) is 1. The third-order valence-corrected chi connectivity index (χ3v) is 5.08. The molecule has 0 amide bonds. The maximum Gasteiger partial charge on any atom is 0.358 e. The minimum absolute atomic E-state index is 0.254. The molecule has 1 saturated heterocycles. The molecule has 0 aromatic rings. The SMILES string of the molecule is CC[N+](CC)(CCOC(=O)C(=C=N)C#N)CCSCC1CO1. The van der Waals surface area contributed by atoms with Crippen LogP contribution < -0.4 is 0 Å². The number of thioether (sulfide) groups is 1. The van der Waals surface area contributed by atoms with Crippen molar-refractivity contribution in [2.45, 2.75) is 20.0 Å². The van der Waals surface area contributed by atoms with Gasteiger partial charge in [0.05, 0.1) is 32.3 Å². The van der Waals surface area contributed by atoms with Gasteiger partial charge in [-0.25, -0.2) is 4.79 Å². The third kappa shape index (κ3) is 6.20. The Morgan fingerprint density at radius 3 is 2.64 bits per heavy atom. The highest BCUT2D eigenvalue weighted by molar-refractivity contribution is 7.99. The van der Waals surface area contributed by atoms with E-state index in [1.165, 1.54) is 0 Å². The molecule has 1 heterocycles. The fourth-order valence-electron chi connectivity index (χ4n) is 2.13. The number of quaternary nitrogens is 1. The van der Waals surface area contributed by atoms with E-state index in [-0.39, 0.29) is 12.2 Å². The van der Waals surface area contributed by atoms with E-state index in [0.29, 0.717) is 6.10 Å². The molecule has 0 aliphatic carbocycles. The van der Waals surface area contributed by atoms with Crippen LogP contribution in [0.5, 0.6) is 0 Å². The zero-order chi connectivity index (χ0) is 16.4. The summed E-state index contributed by atoms with van der Waals surface area (Å²) in [6.07, 6.45) is 0.452. The Labute approximate surface area is 136 Å². The van der Waals surface area contributed by atoms with Gasteiger partial charge in [-0.3, -0.25) is 5.41 Å². The van der Waals surface area contributed by atoms with Crippen molar-refractivity contribution in [3.8, 4) is 6.07 Å². The van der Waals surface area contributed by atoms with E-state index in [4.69, 9.17) is 20.1 Å². The summed E-state index contributed by atoms with van der Waals surface area (Å²) in [5.41, 5.74) is -0.383. The number of hydrogen-bond acceptors (Lipinski definition) is 6. The molecule has 0 bridgehead atoms. The van der Waals surface area contributed by atoms with Crippen LogP contribution in [-0.4, -0.2) is 73.3 Å². The Morgan fingerprint density at radius 2 is 2.14 bits per heavy atom. The number of ether oxygens (including phenoxy) is 2. The molecule has 6 nitrogen and oxygen atoms in total. The zero-order valence-electron chi connectivity index (χ0n) is 13.3.